The highest BCUT2D eigenvalue weighted by molar-refractivity contribution is 7.80. The molecule has 0 amide bonds. The van der Waals surface area contributed by atoms with Crippen molar-refractivity contribution in [2.75, 3.05) is 6.54 Å². The van der Waals surface area contributed by atoms with Crippen LogP contribution in [0.2, 0.25) is 0 Å². The van der Waals surface area contributed by atoms with E-state index in [-0.39, 0.29) is 0 Å². The highest BCUT2D eigenvalue weighted by atomic mass is 32.1. The fraction of sp³-hybridized carbons (Fsp3) is 0.250. The molecule has 0 saturated heterocycles. The second kappa shape index (κ2) is 5.69. The van der Waals surface area contributed by atoms with Crippen molar-refractivity contribution >= 4 is 17.2 Å². The third-order valence-corrected chi connectivity index (χ3v) is 3.90. The molecule has 1 aliphatic rings. The molecule has 0 saturated carbocycles. The fourth-order valence-corrected chi connectivity index (χ4v) is 2.77. The van der Waals surface area contributed by atoms with Crippen molar-refractivity contribution in [3.63, 3.8) is 0 Å². The largest absolute Gasteiger partial charge is 0.388 e. The first-order valence-corrected chi connectivity index (χ1v) is 7.17. The van der Waals surface area contributed by atoms with E-state index in [4.69, 9.17) is 18.0 Å². The number of benzene rings is 1. The van der Waals surface area contributed by atoms with E-state index >= 15 is 0 Å². The molecule has 1 aromatic carbocycles. The topological polar surface area (TPSA) is 42.1 Å². The Labute approximate surface area is 124 Å². The van der Waals surface area contributed by atoms with Gasteiger partial charge in [-0.15, -0.1) is 0 Å². The number of nitrogens with zero attached hydrogens (tertiary/aromatic N) is 2. The molecule has 1 aromatic heterocycles. The van der Waals surface area contributed by atoms with Crippen LogP contribution in [0.25, 0.3) is 0 Å². The van der Waals surface area contributed by atoms with Crippen molar-refractivity contribution < 1.29 is 0 Å². The standard InChI is InChI=1S/C16H17N3S/c17-16(20)15-9-12(5-7-18-15)10-19-8-6-13-3-1-2-4-14(13)11-19/h1-5,7,9H,6,8,10-11H2,(H2,17,20). The Balaban J connectivity index is 1.73. The molecule has 2 N–H and O–H groups in total. The lowest BCUT2D eigenvalue weighted by atomic mass is 9.99. The van der Waals surface area contributed by atoms with Gasteiger partial charge in [0.05, 0.1) is 5.69 Å². The Hall–Kier alpha value is -1.78. The van der Waals surface area contributed by atoms with Gasteiger partial charge in [-0.25, -0.2) is 0 Å². The molecule has 0 spiro atoms. The summed E-state index contributed by atoms with van der Waals surface area (Å²) in [4.78, 5) is 6.99. The monoisotopic (exact) mass is 283 g/mol. The zero-order valence-electron chi connectivity index (χ0n) is 11.2. The molecule has 102 valence electrons. The number of thiocarbonyl (C=S) groups is 1. The van der Waals surface area contributed by atoms with E-state index in [9.17, 15) is 0 Å². The van der Waals surface area contributed by atoms with Crippen molar-refractivity contribution in [3.05, 3.63) is 65.0 Å². The Kier molecular flexibility index (Phi) is 3.76. The summed E-state index contributed by atoms with van der Waals surface area (Å²) < 4.78 is 0. The predicted octanol–water partition coefficient (Wildman–Crippen LogP) is 2.27. The Morgan fingerprint density at radius 2 is 2.05 bits per heavy atom. The number of fused-ring (bicyclic) bond motifs is 1. The minimum atomic E-state index is 0.357. The first-order chi connectivity index (χ1) is 9.72. The van der Waals surface area contributed by atoms with Gasteiger partial charge in [-0.3, -0.25) is 9.88 Å². The minimum absolute atomic E-state index is 0.357. The van der Waals surface area contributed by atoms with Gasteiger partial charge in [-0.1, -0.05) is 36.5 Å². The number of nitrogens with two attached hydrogens (primary N) is 1. The van der Waals surface area contributed by atoms with Crippen LogP contribution in [0.15, 0.2) is 42.6 Å². The van der Waals surface area contributed by atoms with Gasteiger partial charge in [0.15, 0.2) is 0 Å². The molecule has 1 aliphatic heterocycles. The van der Waals surface area contributed by atoms with Gasteiger partial charge >= 0.3 is 0 Å². The van der Waals surface area contributed by atoms with Gasteiger partial charge in [0.1, 0.15) is 4.99 Å². The zero-order valence-corrected chi connectivity index (χ0v) is 12.1. The molecule has 0 atom stereocenters. The molecule has 3 rings (SSSR count). The van der Waals surface area contributed by atoms with Gasteiger partial charge in [-0.2, -0.15) is 0 Å². The van der Waals surface area contributed by atoms with Crippen LogP contribution in [-0.4, -0.2) is 21.4 Å². The quantitative estimate of drug-likeness (QED) is 0.878. The normalized spacial score (nSPS) is 14.8. The van der Waals surface area contributed by atoms with Gasteiger partial charge in [0.25, 0.3) is 0 Å². The molecular weight excluding hydrogens is 266 g/mol. The number of pyridine rings is 1. The number of hydrogen-bond acceptors (Lipinski definition) is 3. The van der Waals surface area contributed by atoms with Crippen LogP contribution >= 0.6 is 12.2 Å². The SMILES string of the molecule is NC(=S)c1cc(CN2CCc3ccccc3C2)ccn1. The minimum Gasteiger partial charge on any atom is -0.388 e. The molecule has 2 aromatic rings. The van der Waals surface area contributed by atoms with Crippen LogP contribution in [-0.2, 0) is 19.5 Å². The maximum absolute atomic E-state index is 5.63. The Bertz CT molecular complexity index is 639. The lowest BCUT2D eigenvalue weighted by Crippen LogP contribution is -2.30. The molecule has 4 heteroatoms. The molecule has 0 unspecified atom stereocenters. The van der Waals surface area contributed by atoms with Gasteiger partial charge in [-0.05, 0) is 35.2 Å². The smallest absolute Gasteiger partial charge is 0.122 e. The van der Waals surface area contributed by atoms with Crippen LogP contribution in [0.4, 0.5) is 0 Å². The fourth-order valence-electron chi connectivity index (χ4n) is 2.65. The molecule has 3 nitrogen and oxygen atoms in total. The van der Waals surface area contributed by atoms with Crippen LogP contribution in [0.5, 0.6) is 0 Å². The summed E-state index contributed by atoms with van der Waals surface area (Å²) in [6.45, 7) is 3.00. The average Bonchev–Trinajstić information content (AvgIpc) is 2.47. The van der Waals surface area contributed by atoms with Crippen LogP contribution in [0, 0.1) is 0 Å². The van der Waals surface area contributed by atoms with Crippen molar-refractivity contribution in [1.29, 1.82) is 0 Å². The maximum Gasteiger partial charge on any atom is 0.122 e. The Morgan fingerprint density at radius 1 is 1.25 bits per heavy atom. The maximum atomic E-state index is 5.63. The van der Waals surface area contributed by atoms with E-state index in [1.54, 1.807) is 6.20 Å². The summed E-state index contributed by atoms with van der Waals surface area (Å²) >= 11 is 4.98. The molecule has 0 bridgehead atoms. The Morgan fingerprint density at radius 3 is 2.85 bits per heavy atom. The van der Waals surface area contributed by atoms with Crippen molar-refractivity contribution in [2.24, 2.45) is 5.73 Å². The van der Waals surface area contributed by atoms with E-state index in [0.717, 1.165) is 26.1 Å². The lowest BCUT2D eigenvalue weighted by Gasteiger charge is -2.28. The van der Waals surface area contributed by atoms with Crippen molar-refractivity contribution in [1.82, 2.24) is 9.88 Å². The second-order valence-electron chi connectivity index (χ2n) is 5.14. The van der Waals surface area contributed by atoms with Crippen LogP contribution in [0.1, 0.15) is 22.4 Å². The number of rotatable bonds is 3. The highest BCUT2D eigenvalue weighted by Crippen LogP contribution is 2.20. The summed E-state index contributed by atoms with van der Waals surface area (Å²) in [5.41, 5.74) is 10.5. The average molecular weight is 283 g/mol. The number of hydrogen-bond donors (Lipinski definition) is 1. The third kappa shape index (κ3) is 2.86. The third-order valence-electron chi connectivity index (χ3n) is 3.69. The van der Waals surface area contributed by atoms with E-state index in [1.165, 1.54) is 16.7 Å². The molecule has 0 aliphatic carbocycles. The van der Waals surface area contributed by atoms with Gasteiger partial charge in [0, 0.05) is 25.8 Å². The van der Waals surface area contributed by atoms with E-state index < -0.39 is 0 Å². The second-order valence-corrected chi connectivity index (χ2v) is 5.58. The lowest BCUT2D eigenvalue weighted by molar-refractivity contribution is 0.245. The van der Waals surface area contributed by atoms with Crippen molar-refractivity contribution in [3.8, 4) is 0 Å². The summed E-state index contributed by atoms with van der Waals surface area (Å²) in [7, 11) is 0. The molecule has 20 heavy (non-hydrogen) atoms. The van der Waals surface area contributed by atoms with Gasteiger partial charge in [0.2, 0.25) is 0 Å². The zero-order chi connectivity index (χ0) is 13.9. The molecule has 0 radical (unpaired) electrons. The van der Waals surface area contributed by atoms with Crippen LogP contribution in [0.3, 0.4) is 0 Å². The highest BCUT2D eigenvalue weighted by Gasteiger charge is 2.15. The summed E-state index contributed by atoms with van der Waals surface area (Å²) in [6.07, 6.45) is 2.89. The van der Waals surface area contributed by atoms with E-state index in [1.807, 2.05) is 12.1 Å². The summed E-state index contributed by atoms with van der Waals surface area (Å²) in [5.74, 6) is 0. The van der Waals surface area contributed by atoms with Crippen molar-refractivity contribution in [2.45, 2.75) is 19.5 Å². The van der Waals surface area contributed by atoms with Crippen LogP contribution < -0.4 is 5.73 Å². The predicted molar refractivity (Wildman–Crippen MR) is 84.4 cm³/mol. The van der Waals surface area contributed by atoms with Gasteiger partial charge < -0.3 is 5.73 Å². The molecule has 0 fully saturated rings. The van der Waals surface area contributed by atoms with E-state index in [0.29, 0.717) is 10.7 Å². The first-order valence-electron chi connectivity index (χ1n) is 6.76. The first kappa shape index (κ1) is 13.2. The molecular formula is C16H17N3S. The summed E-state index contributed by atoms with van der Waals surface area (Å²) in [5, 5.41) is 0. The molecule has 2 heterocycles. The number of aromatic nitrogens is 1. The van der Waals surface area contributed by atoms with E-state index in [2.05, 4.69) is 34.1 Å². The summed E-state index contributed by atoms with van der Waals surface area (Å²) in [6, 6.07) is 12.7.